The zero-order chi connectivity index (χ0) is 26.8. The van der Waals surface area contributed by atoms with Gasteiger partial charge < -0.3 is 5.32 Å². The van der Waals surface area contributed by atoms with Gasteiger partial charge in [-0.15, -0.1) is 5.10 Å². The maximum atomic E-state index is 13.6. The van der Waals surface area contributed by atoms with Crippen molar-refractivity contribution in [2.24, 2.45) is 5.92 Å². The second kappa shape index (κ2) is 10.3. The first-order valence-electron chi connectivity index (χ1n) is 12.4. The number of Topliss-reactive ketones (excluding diaryl/α,β-unsaturated/α-hetero) is 1. The van der Waals surface area contributed by atoms with E-state index in [0.717, 1.165) is 10.2 Å². The van der Waals surface area contributed by atoms with Crippen LogP contribution in [0.1, 0.15) is 40.1 Å². The fourth-order valence-electron chi connectivity index (χ4n) is 4.32. The fourth-order valence-corrected chi connectivity index (χ4v) is 4.32. The number of amides is 1. The molecule has 5 aromatic rings. The van der Waals surface area contributed by atoms with Crippen LogP contribution in [0.25, 0.3) is 16.7 Å². The van der Waals surface area contributed by atoms with Crippen molar-refractivity contribution in [3.8, 4) is 0 Å². The molecule has 1 N–H and O–H groups in total. The third kappa shape index (κ3) is 4.78. The molecule has 0 bridgehead atoms. The molecule has 0 aliphatic heterocycles. The molecule has 192 valence electrons. The zero-order valence-corrected chi connectivity index (χ0v) is 21.1. The smallest absolute Gasteiger partial charge is 0.352 e. The molecule has 38 heavy (non-hydrogen) atoms. The van der Waals surface area contributed by atoms with Crippen molar-refractivity contribution in [3.05, 3.63) is 116 Å². The molecule has 3 aromatic carbocycles. The monoisotopic (exact) mass is 509 g/mol. The van der Waals surface area contributed by atoms with Gasteiger partial charge in [0.25, 0.3) is 11.5 Å². The van der Waals surface area contributed by atoms with Crippen LogP contribution < -0.4 is 16.6 Å². The molecule has 0 fully saturated rings. The van der Waals surface area contributed by atoms with Crippen LogP contribution in [0.5, 0.6) is 0 Å². The summed E-state index contributed by atoms with van der Waals surface area (Å²) in [6.07, 6.45) is 0. The highest BCUT2D eigenvalue weighted by Gasteiger charge is 2.20. The van der Waals surface area contributed by atoms with E-state index in [0.29, 0.717) is 17.7 Å². The highest BCUT2D eigenvalue weighted by Crippen LogP contribution is 2.16. The maximum absolute atomic E-state index is 13.6. The quantitative estimate of drug-likeness (QED) is 0.324. The van der Waals surface area contributed by atoms with E-state index in [-0.39, 0.29) is 52.9 Å². The van der Waals surface area contributed by atoms with Gasteiger partial charge in [-0.1, -0.05) is 74.5 Å². The van der Waals surface area contributed by atoms with E-state index < -0.39 is 5.69 Å². The summed E-state index contributed by atoms with van der Waals surface area (Å²) in [5.41, 5.74) is 0.956. The minimum absolute atomic E-state index is 0.0944. The molecule has 0 aliphatic rings. The SMILES string of the molecule is CC(C)CNC(=O)c1ccc2c(=O)n(Cc3ccccc3)c3nn(CC(=O)c4ccccc4)c(=O)n3c2c1. The summed E-state index contributed by atoms with van der Waals surface area (Å²) in [5.74, 6) is -0.232. The molecule has 9 heteroatoms. The first-order chi connectivity index (χ1) is 18.3. The van der Waals surface area contributed by atoms with Gasteiger partial charge in [0.2, 0.25) is 5.78 Å². The van der Waals surface area contributed by atoms with Crippen molar-refractivity contribution in [1.29, 1.82) is 0 Å². The highest BCUT2D eigenvalue weighted by atomic mass is 16.2. The molecule has 5 rings (SSSR count). The number of nitrogens with one attached hydrogen (secondary N) is 1. The summed E-state index contributed by atoms with van der Waals surface area (Å²) in [6, 6.07) is 22.7. The van der Waals surface area contributed by atoms with E-state index in [4.69, 9.17) is 0 Å². The number of rotatable bonds is 8. The standard InChI is InChI=1S/C29H27N5O4/c1-19(2)16-30-26(36)22-13-14-23-24(15-22)34-28(32(27(23)37)17-20-9-5-3-6-10-20)31-33(29(34)38)18-25(35)21-11-7-4-8-12-21/h3-15,19H,16-18H2,1-2H3,(H,30,36). The van der Waals surface area contributed by atoms with Crippen molar-refractivity contribution >= 4 is 28.4 Å². The van der Waals surface area contributed by atoms with Crippen LogP contribution in [0, 0.1) is 5.92 Å². The molecule has 0 saturated carbocycles. The van der Waals surface area contributed by atoms with Gasteiger partial charge >= 0.3 is 5.69 Å². The number of carbonyl (C=O) groups is 2. The van der Waals surface area contributed by atoms with Crippen LogP contribution in [0.15, 0.2) is 88.5 Å². The Morgan fingerprint density at radius 1 is 0.895 bits per heavy atom. The van der Waals surface area contributed by atoms with Crippen LogP contribution >= 0.6 is 0 Å². The summed E-state index contributed by atoms with van der Waals surface area (Å²) in [4.78, 5) is 52.9. The van der Waals surface area contributed by atoms with E-state index in [1.165, 1.54) is 15.0 Å². The molecule has 9 nitrogen and oxygen atoms in total. The van der Waals surface area contributed by atoms with Crippen LogP contribution in [-0.2, 0) is 13.1 Å². The summed E-state index contributed by atoms with van der Waals surface area (Å²) in [7, 11) is 0. The average molecular weight is 510 g/mol. The number of aromatic nitrogens is 4. The molecule has 2 aromatic heterocycles. The molecule has 0 unspecified atom stereocenters. The Kier molecular flexibility index (Phi) is 6.74. The molecule has 0 atom stereocenters. The Labute approximate surface area is 218 Å². The zero-order valence-electron chi connectivity index (χ0n) is 21.1. The summed E-state index contributed by atoms with van der Waals surface area (Å²) >= 11 is 0. The molecule has 0 aliphatic carbocycles. The van der Waals surface area contributed by atoms with Gasteiger partial charge in [-0.25, -0.2) is 13.9 Å². The number of hydrogen-bond acceptors (Lipinski definition) is 5. The lowest BCUT2D eigenvalue weighted by Gasteiger charge is -2.11. The summed E-state index contributed by atoms with van der Waals surface area (Å²) in [6.45, 7) is 4.36. The Morgan fingerprint density at radius 2 is 1.58 bits per heavy atom. The molecule has 0 spiro atoms. The van der Waals surface area contributed by atoms with Crippen LogP contribution in [-0.4, -0.2) is 37.0 Å². The first-order valence-corrected chi connectivity index (χ1v) is 12.4. The Balaban J connectivity index is 1.69. The fraction of sp³-hybridized carbons (Fsp3) is 0.207. The number of hydrogen-bond donors (Lipinski definition) is 1. The molecule has 1 amide bonds. The van der Waals surface area contributed by atoms with Gasteiger partial charge in [0.1, 0.15) is 6.54 Å². The van der Waals surface area contributed by atoms with Crippen LogP contribution in [0.3, 0.4) is 0 Å². The van der Waals surface area contributed by atoms with Gasteiger partial charge in [0.15, 0.2) is 5.78 Å². The number of carbonyl (C=O) groups excluding carboxylic acids is 2. The van der Waals surface area contributed by atoms with E-state index in [1.54, 1.807) is 42.5 Å². The lowest BCUT2D eigenvalue weighted by Crippen LogP contribution is -2.29. The second-order valence-electron chi connectivity index (χ2n) is 9.58. The minimum atomic E-state index is -0.573. The Bertz CT molecular complexity index is 1770. The van der Waals surface area contributed by atoms with Crippen molar-refractivity contribution in [2.75, 3.05) is 6.54 Å². The summed E-state index contributed by atoms with van der Waals surface area (Å²) < 4.78 is 3.79. The molecular weight excluding hydrogens is 482 g/mol. The van der Waals surface area contributed by atoms with E-state index in [1.807, 2.05) is 44.2 Å². The highest BCUT2D eigenvalue weighted by molar-refractivity contribution is 5.98. The van der Waals surface area contributed by atoms with Gasteiger partial charge in [-0.05, 0) is 29.7 Å². The van der Waals surface area contributed by atoms with Crippen LogP contribution in [0.4, 0.5) is 0 Å². The van der Waals surface area contributed by atoms with Gasteiger partial charge in [-0.2, -0.15) is 0 Å². The number of nitrogens with zero attached hydrogens (tertiary/aromatic N) is 4. The van der Waals surface area contributed by atoms with Crippen molar-refractivity contribution in [2.45, 2.75) is 26.9 Å². The Morgan fingerprint density at radius 3 is 2.26 bits per heavy atom. The van der Waals surface area contributed by atoms with Crippen LogP contribution in [0.2, 0.25) is 0 Å². The Hall–Kier alpha value is -4.79. The number of ketones is 1. The molecule has 2 heterocycles. The predicted octanol–water partition coefficient (Wildman–Crippen LogP) is 3.13. The maximum Gasteiger partial charge on any atom is 0.352 e. The second-order valence-corrected chi connectivity index (χ2v) is 9.58. The molecular formula is C29H27N5O4. The number of benzene rings is 3. The lowest BCUT2D eigenvalue weighted by molar-refractivity contribution is 0.0946. The topological polar surface area (TPSA) is 107 Å². The third-order valence-corrected chi connectivity index (χ3v) is 6.28. The first kappa shape index (κ1) is 24.9. The third-order valence-electron chi connectivity index (χ3n) is 6.28. The van der Waals surface area contributed by atoms with Crippen molar-refractivity contribution in [3.63, 3.8) is 0 Å². The van der Waals surface area contributed by atoms with Gasteiger partial charge in [0.05, 0.1) is 17.4 Å². The van der Waals surface area contributed by atoms with E-state index in [9.17, 15) is 19.2 Å². The van der Waals surface area contributed by atoms with Crippen molar-refractivity contribution in [1.82, 2.24) is 24.1 Å². The van der Waals surface area contributed by atoms with Crippen molar-refractivity contribution < 1.29 is 9.59 Å². The minimum Gasteiger partial charge on any atom is -0.352 e. The molecule has 0 radical (unpaired) electrons. The largest absolute Gasteiger partial charge is 0.352 e. The van der Waals surface area contributed by atoms with E-state index in [2.05, 4.69) is 10.4 Å². The lowest BCUT2D eigenvalue weighted by atomic mass is 10.1. The summed E-state index contributed by atoms with van der Waals surface area (Å²) in [5, 5.41) is 7.55. The van der Waals surface area contributed by atoms with Gasteiger partial charge in [-0.3, -0.25) is 19.0 Å². The van der Waals surface area contributed by atoms with E-state index >= 15 is 0 Å². The number of fused-ring (bicyclic) bond motifs is 3. The predicted molar refractivity (Wildman–Crippen MR) is 145 cm³/mol. The average Bonchev–Trinajstić information content (AvgIpc) is 3.25. The molecule has 0 saturated heterocycles. The normalized spacial score (nSPS) is 11.3. The van der Waals surface area contributed by atoms with Gasteiger partial charge in [0, 0.05) is 17.7 Å².